The first-order valence-corrected chi connectivity index (χ1v) is 8.35. The van der Waals surface area contributed by atoms with E-state index < -0.39 is 6.10 Å². The zero-order valence-electron chi connectivity index (χ0n) is 14.7. The standard InChI is InChI=1S/C19H24ClNO4/c1-21(11-14-4-9-18(23-2)19(10-14)24-3)12-16(22)13-25-17-7-5-15(20)6-8-17/h4-10,16,22H,11-13H2,1-3H3. The van der Waals surface area contributed by atoms with Crippen molar-refractivity contribution in [2.75, 3.05) is 34.4 Å². The molecule has 0 radical (unpaired) electrons. The second-order valence-corrected chi connectivity index (χ2v) is 6.24. The van der Waals surface area contributed by atoms with E-state index in [-0.39, 0.29) is 6.61 Å². The first-order valence-electron chi connectivity index (χ1n) is 7.97. The van der Waals surface area contributed by atoms with Gasteiger partial charge in [-0.05, 0) is 49.0 Å². The summed E-state index contributed by atoms with van der Waals surface area (Å²) in [6, 6.07) is 12.9. The summed E-state index contributed by atoms with van der Waals surface area (Å²) < 4.78 is 16.1. The molecule has 6 heteroatoms. The van der Waals surface area contributed by atoms with Gasteiger partial charge in [-0.2, -0.15) is 0 Å². The summed E-state index contributed by atoms with van der Waals surface area (Å²) in [5.41, 5.74) is 1.07. The summed E-state index contributed by atoms with van der Waals surface area (Å²) >= 11 is 5.83. The Labute approximate surface area is 153 Å². The highest BCUT2D eigenvalue weighted by Crippen LogP contribution is 2.27. The Kier molecular flexibility index (Phi) is 7.37. The van der Waals surface area contributed by atoms with Gasteiger partial charge in [0.05, 0.1) is 14.2 Å². The van der Waals surface area contributed by atoms with Gasteiger partial charge in [0, 0.05) is 18.1 Å². The van der Waals surface area contributed by atoms with Crippen LogP contribution in [0.4, 0.5) is 0 Å². The Morgan fingerprint density at radius 3 is 2.36 bits per heavy atom. The van der Waals surface area contributed by atoms with E-state index in [1.165, 1.54) is 0 Å². The highest BCUT2D eigenvalue weighted by atomic mass is 35.5. The minimum absolute atomic E-state index is 0.220. The summed E-state index contributed by atoms with van der Waals surface area (Å²) in [6.45, 7) is 1.39. The number of aliphatic hydroxyl groups excluding tert-OH is 1. The lowest BCUT2D eigenvalue weighted by atomic mass is 10.2. The van der Waals surface area contributed by atoms with Crippen LogP contribution in [0.5, 0.6) is 17.2 Å². The van der Waals surface area contributed by atoms with Gasteiger partial charge in [-0.15, -0.1) is 0 Å². The van der Waals surface area contributed by atoms with E-state index in [4.69, 9.17) is 25.8 Å². The van der Waals surface area contributed by atoms with Crippen LogP contribution in [0.3, 0.4) is 0 Å². The Hall–Kier alpha value is -1.95. The van der Waals surface area contributed by atoms with Crippen LogP contribution in [0.25, 0.3) is 0 Å². The maximum Gasteiger partial charge on any atom is 0.161 e. The summed E-state index contributed by atoms with van der Waals surface area (Å²) in [4.78, 5) is 2.02. The summed E-state index contributed by atoms with van der Waals surface area (Å²) in [5.74, 6) is 2.08. The van der Waals surface area contributed by atoms with Gasteiger partial charge in [0.1, 0.15) is 18.5 Å². The van der Waals surface area contributed by atoms with E-state index in [0.29, 0.717) is 35.4 Å². The zero-order valence-corrected chi connectivity index (χ0v) is 15.5. The fourth-order valence-electron chi connectivity index (χ4n) is 2.49. The van der Waals surface area contributed by atoms with E-state index in [0.717, 1.165) is 5.56 Å². The molecule has 25 heavy (non-hydrogen) atoms. The van der Waals surface area contributed by atoms with Crippen LogP contribution >= 0.6 is 11.6 Å². The Balaban J connectivity index is 1.82. The number of methoxy groups -OCH3 is 2. The predicted octanol–water partition coefficient (Wildman–Crippen LogP) is 3.23. The van der Waals surface area contributed by atoms with Gasteiger partial charge >= 0.3 is 0 Å². The van der Waals surface area contributed by atoms with E-state index in [2.05, 4.69) is 0 Å². The molecule has 2 aromatic rings. The van der Waals surface area contributed by atoms with E-state index in [1.54, 1.807) is 38.5 Å². The first-order chi connectivity index (χ1) is 12.0. The summed E-state index contributed by atoms with van der Waals surface area (Å²) in [6.07, 6.45) is -0.596. The fourth-order valence-corrected chi connectivity index (χ4v) is 2.62. The molecule has 0 saturated carbocycles. The smallest absolute Gasteiger partial charge is 0.161 e. The van der Waals surface area contributed by atoms with Crippen LogP contribution < -0.4 is 14.2 Å². The molecular weight excluding hydrogens is 342 g/mol. The second kappa shape index (κ2) is 9.51. The molecule has 136 valence electrons. The molecule has 0 saturated heterocycles. The zero-order chi connectivity index (χ0) is 18.2. The third-order valence-electron chi connectivity index (χ3n) is 3.68. The number of nitrogens with zero attached hydrogens (tertiary/aromatic N) is 1. The highest BCUT2D eigenvalue weighted by molar-refractivity contribution is 6.30. The lowest BCUT2D eigenvalue weighted by molar-refractivity contribution is 0.0744. The molecule has 0 fully saturated rings. The molecule has 0 amide bonds. The van der Waals surface area contributed by atoms with Gasteiger partial charge in [-0.3, -0.25) is 4.90 Å². The van der Waals surface area contributed by atoms with Gasteiger partial charge < -0.3 is 19.3 Å². The van der Waals surface area contributed by atoms with E-state index >= 15 is 0 Å². The molecule has 0 aliphatic heterocycles. The van der Waals surface area contributed by atoms with Crippen LogP contribution in [0, 0.1) is 0 Å². The Morgan fingerprint density at radius 2 is 1.72 bits per heavy atom. The first kappa shape index (κ1) is 19.4. The van der Waals surface area contributed by atoms with Gasteiger partial charge in [-0.25, -0.2) is 0 Å². The fraction of sp³-hybridized carbons (Fsp3) is 0.368. The minimum Gasteiger partial charge on any atom is -0.493 e. The number of hydrogen-bond donors (Lipinski definition) is 1. The van der Waals surface area contributed by atoms with Crippen molar-refractivity contribution in [3.8, 4) is 17.2 Å². The highest BCUT2D eigenvalue weighted by Gasteiger charge is 2.11. The van der Waals surface area contributed by atoms with Crippen LogP contribution in [0.1, 0.15) is 5.56 Å². The van der Waals surface area contributed by atoms with E-state index in [1.807, 2.05) is 30.1 Å². The summed E-state index contributed by atoms with van der Waals surface area (Å²) in [7, 11) is 5.17. The number of ether oxygens (including phenoxy) is 3. The molecule has 0 aliphatic carbocycles. The monoisotopic (exact) mass is 365 g/mol. The molecule has 1 atom stereocenters. The van der Waals surface area contributed by atoms with Gasteiger partial charge in [0.15, 0.2) is 11.5 Å². The van der Waals surface area contributed by atoms with Gasteiger partial charge in [0.25, 0.3) is 0 Å². The minimum atomic E-state index is -0.596. The van der Waals surface area contributed by atoms with Crippen molar-refractivity contribution >= 4 is 11.6 Å². The Bertz CT molecular complexity index is 663. The quantitative estimate of drug-likeness (QED) is 0.739. The van der Waals surface area contributed by atoms with Crippen molar-refractivity contribution in [1.29, 1.82) is 0 Å². The molecule has 0 bridgehead atoms. The van der Waals surface area contributed by atoms with Crippen molar-refractivity contribution in [3.05, 3.63) is 53.1 Å². The lowest BCUT2D eigenvalue weighted by Crippen LogP contribution is -2.32. The topological polar surface area (TPSA) is 51.2 Å². The number of likely N-dealkylation sites (N-methyl/N-ethyl adjacent to an activating group) is 1. The SMILES string of the molecule is COc1ccc(CN(C)CC(O)COc2ccc(Cl)cc2)cc1OC. The van der Waals surface area contributed by atoms with Crippen LogP contribution in [-0.4, -0.2) is 50.5 Å². The molecule has 0 aliphatic rings. The molecule has 1 unspecified atom stereocenters. The molecule has 2 rings (SSSR count). The maximum atomic E-state index is 10.2. The molecule has 0 spiro atoms. The third kappa shape index (κ3) is 6.12. The number of aliphatic hydroxyl groups is 1. The molecule has 0 aromatic heterocycles. The number of hydrogen-bond acceptors (Lipinski definition) is 5. The summed E-state index contributed by atoms with van der Waals surface area (Å²) in [5, 5.41) is 10.8. The van der Waals surface area contributed by atoms with Crippen molar-refractivity contribution in [3.63, 3.8) is 0 Å². The van der Waals surface area contributed by atoms with Crippen LogP contribution in [0.2, 0.25) is 5.02 Å². The Morgan fingerprint density at radius 1 is 1.04 bits per heavy atom. The predicted molar refractivity (Wildman–Crippen MR) is 98.8 cm³/mol. The number of rotatable bonds is 9. The second-order valence-electron chi connectivity index (χ2n) is 5.80. The number of benzene rings is 2. The average Bonchev–Trinajstić information content (AvgIpc) is 2.61. The van der Waals surface area contributed by atoms with Gasteiger partial charge in [-0.1, -0.05) is 17.7 Å². The molecule has 0 heterocycles. The van der Waals surface area contributed by atoms with Crippen LogP contribution in [-0.2, 0) is 6.54 Å². The van der Waals surface area contributed by atoms with Crippen molar-refractivity contribution in [2.45, 2.75) is 12.6 Å². The molecule has 5 nitrogen and oxygen atoms in total. The van der Waals surface area contributed by atoms with Crippen molar-refractivity contribution in [1.82, 2.24) is 4.90 Å². The molecule has 1 N–H and O–H groups in total. The molecular formula is C19H24ClNO4. The van der Waals surface area contributed by atoms with Crippen molar-refractivity contribution in [2.24, 2.45) is 0 Å². The van der Waals surface area contributed by atoms with Crippen molar-refractivity contribution < 1.29 is 19.3 Å². The normalized spacial score (nSPS) is 12.1. The van der Waals surface area contributed by atoms with E-state index in [9.17, 15) is 5.11 Å². The largest absolute Gasteiger partial charge is 0.493 e. The number of halogens is 1. The average molecular weight is 366 g/mol. The lowest BCUT2D eigenvalue weighted by Gasteiger charge is -2.21. The van der Waals surface area contributed by atoms with Gasteiger partial charge in [0.2, 0.25) is 0 Å². The van der Waals surface area contributed by atoms with Crippen LogP contribution in [0.15, 0.2) is 42.5 Å². The maximum absolute atomic E-state index is 10.2. The third-order valence-corrected chi connectivity index (χ3v) is 3.93. The molecule has 2 aromatic carbocycles.